The standard InChI is InChI=1S/C40H65N7O7S/c1-9-21-47(39(52)35(26(5)10-2)46-36(50)27(6)13-11-12-20-42-7)32(25(3)4)23-33(54-40(53)43-8)38-45-31(24-55-38)37(51)44-30(18-19-34(48)49)22-28-14-16-29(41)17-15-28/h14-17,24-27,30,32-33,35,42H,9-13,18-23,41H2,1-8H3,(H,43,53)(H,44,51)(H,46,50)(H,48,49)/t26-,27+,30+,32+,33+,35-/m0/s1. The molecule has 0 aliphatic rings. The molecule has 2 aromatic rings. The molecule has 308 valence electrons. The molecule has 4 amide bonds. The number of carbonyl (C=O) groups excluding carboxylic acids is 4. The van der Waals surface area contributed by atoms with Gasteiger partial charge in [0.2, 0.25) is 11.8 Å². The number of ether oxygens (including phenoxy) is 1. The fraction of sp³-hybridized carbons (Fsp3) is 0.650. The number of hydrogen-bond acceptors (Lipinski definition) is 10. The molecule has 0 spiro atoms. The largest absolute Gasteiger partial charge is 0.481 e. The summed E-state index contributed by atoms with van der Waals surface area (Å²) in [6, 6.07) is 5.53. The van der Waals surface area contributed by atoms with Gasteiger partial charge in [0.05, 0.1) is 0 Å². The van der Waals surface area contributed by atoms with E-state index in [0.717, 1.165) is 42.7 Å². The Balaban J connectivity index is 2.38. The second-order valence-corrected chi connectivity index (χ2v) is 15.6. The van der Waals surface area contributed by atoms with Gasteiger partial charge in [-0.25, -0.2) is 9.78 Å². The van der Waals surface area contributed by atoms with E-state index in [0.29, 0.717) is 36.5 Å². The zero-order chi connectivity index (χ0) is 41.1. The van der Waals surface area contributed by atoms with Gasteiger partial charge >= 0.3 is 12.1 Å². The molecule has 14 nitrogen and oxygen atoms in total. The Hall–Kier alpha value is -4.24. The summed E-state index contributed by atoms with van der Waals surface area (Å²) >= 11 is 1.16. The molecular weight excluding hydrogens is 723 g/mol. The van der Waals surface area contributed by atoms with Gasteiger partial charge in [0.15, 0.2) is 6.10 Å². The summed E-state index contributed by atoms with van der Waals surface area (Å²) in [7, 11) is 3.35. The van der Waals surface area contributed by atoms with Crippen LogP contribution in [0.15, 0.2) is 29.6 Å². The van der Waals surface area contributed by atoms with Gasteiger partial charge in [-0.05, 0) is 75.2 Å². The van der Waals surface area contributed by atoms with E-state index in [2.05, 4.69) is 26.3 Å². The summed E-state index contributed by atoms with van der Waals surface area (Å²) in [5.74, 6) is -2.23. The molecule has 1 aromatic carbocycles. The maximum atomic E-state index is 14.5. The Morgan fingerprint density at radius 2 is 1.67 bits per heavy atom. The number of unbranched alkanes of at least 4 members (excludes halogenated alkanes) is 1. The first kappa shape index (κ1) is 46.9. The highest BCUT2D eigenvalue weighted by molar-refractivity contribution is 7.09. The van der Waals surface area contributed by atoms with Crippen molar-refractivity contribution in [3.05, 3.63) is 45.9 Å². The first-order chi connectivity index (χ1) is 26.1. The summed E-state index contributed by atoms with van der Waals surface area (Å²) in [6.07, 6.45) is 3.01. The van der Waals surface area contributed by atoms with Gasteiger partial charge in [-0.3, -0.25) is 19.2 Å². The van der Waals surface area contributed by atoms with Crippen LogP contribution in [0.3, 0.4) is 0 Å². The summed E-state index contributed by atoms with van der Waals surface area (Å²) < 4.78 is 5.86. The van der Waals surface area contributed by atoms with Crippen LogP contribution in [-0.4, -0.2) is 90.1 Å². The van der Waals surface area contributed by atoms with Crippen molar-refractivity contribution in [3.63, 3.8) is 0 Å². The Morgan fingerprint density at radius 3 is 2.25 bits per heavy atom. The van der Waals surface area contributed by atoms with Crippen LogP contribution in [0, 0.1) is 17.8 Å². The van der Waals surface area contributed by atoms with Crippen LogP contribution in [0.4, 0.5) is 10.5 Å². The number of benzene rings is 1. The molecule has 0 bridgehead atoms. The molecule has 55 heavy (non-hydrogen) atoms. The molecule has 0 aliphatic heterocycles. The number of thiazole rings is 1. The maximum absolute atomic E-state index is 14.5. The molecule has 1 heterocycles. The monoisotopic (exact) mass is 787 g/mol. The van der Waals surface area contributed by atoms with Gasteiger partial charge in [-0.15, -0.1) is 11.3 Å². The smallest absolute Gasteiger partial charge is 0.407 e. The first-order valence-corrected chi connectivity index (χ1v) is 20.5. The highest BCUT2D eigenvalue weighted by atomic mass is 32.1. The van der Waals surface area contributed by atoms with E-state index in [9.17, 15) is 29.1 Å². The number of amides is 4. The molecular formula is C40H65N7O7S. The number of anilines is 1. The van der Waals surface area contributed by atoms with Crippen LogP contribution in [-0.2, 0) is 25.5 Å². The van der Waals surface area contributed by atoms with E-state index in [-0.39, 0.29) is 54.5 Å². The van der Waals surface area contributed by atoms with Crippen LogP contribution >= 0.6 is 11.3 Å². The first-order valence-electron chi connectivity index (χ1n) is 19.6. The van der Waals surface area contributed by atoms with E-state index in [1.165, 1.54) is 7.05 Å². The van der Waals surface area contributed by atoms with E-state index >= 15 is 0 Å². The second-order valence-electron chi connectivity index (χ2n) is 14.7. The predicted molar refractivity (Wildman–Crippen MR) is 217 cm³/mol. The van der Waals surface area contributed by atoms with Crippen molar-refractivity contribution in [1.29, 1.82) is 0 Å². The third-order valence-electron chi connectivity index (χ3n) is 9.90. The lowest BCUT2D eigenvalue weighted by Gasteiger charge is -2.39. The molecule has 0 saturated heterocycles. The Kier molecular flexibility index (Phi) is 20.7. The van der Waals surface area contributed by atoms with Crippen molar-refractivity contribution in [3.8, 4) is 0 Å². The Morgan fingerprint density at radius 1 is 0.982 bits per heavy atom. The van der Waals surface area contributed by atoms with Crippen LogP contribution in [0.25, 0.3) is 0 Å². The number of aromatic nitrogens is 1. The number of carboxylic acid groups (broad SMARTS) is 1. The average molecular weight is 788 g/mol. The number of nitrogens with two attached hydrogens (primary N) is 1. The second kappa shape index (κ2) is 24.3. The van der Waals surface area contributed by atoms with Crippen molar-refractivity contribution in [1.82, 2.24) is 31.2 Å². The molecule has 15 heteroatoms. The van der Waals surface area contributed by atoms with Crippen LogP contribution in [0.1, 0.15) is 120 Å². The lowest BCUT2D eigenvalue weighted by Crippen LogP contribution is -2.56. The molecule has 1 aromatic heterocycles. The lowest BCUT2D eigenvalue weighted by molar-refractivity contribution is -0.142. The molecule has 7 N–H and O–H groups in total. The van der Waals surface area contributed by atoms with Crippen molar-refractivity contribution in [2.45, 2.75) is 124 Å². The fourth-order valence-electron chi connectivity index (χ4n) is 6.35. The number of alkyl carbamates (subject to hydrolysis) is 1. The predicted octanol–water partition coefficient (Wildman–Crippen LogP) is 5.54. The summed E-state index contributed by atoms with van der Waals surface area (Å²) in [5.41, 5.74) is 7.41. The number of nitrogens with zero attached hydrogens (tertiary/aromatic N) is 2. The van der Waals surface area contributed by atoms with Crippen LogP contribution < -0.4 is 27.0 Å². The van der Waals surface area contributed by atoms with Crippen molar-refractivity contribution >= 4 is 46.8 Å². The highest BCUT2D eigenvalue weighted by Crippen LogP contribution is 2.32. The van der Waals surface area contributed by atoms with Gasteiger partial charge in [-0.1, -0.05) is 66.5 Å². The zero-order valence-electron chi connectivity index (χ0n) is 34.0. The number of hydrogen-bond donors (Lipinski definition) is 6. The molecule has 0 saturated carbocycles. The number of nitrogens with one attached hydrogen (secondary N) is 4. The van der Waals surface area contributed by atoms with Crippen molar-refractivity contribution in [2.75, 3.05) is 32.9 Å². The number of carbonyl (C=O) groups is 5. The molecule has 0 aliphatic carbocycles. The van der Waals surface area contributed by atoms with Crippen molar-refractivity contribution < 1.29 is 33.8 Å². The minimum Gasteiger partial charge on any atom is -0.481 e. The summed E-state index contributed by atoms with van der Waals surface area (Å²) in [4.78, 5) is 72.0. The minimum absolute atomic E-state index is 0.0725. The number of carboxylic acids is 1. The third kappa shape index (κ3) is 15.8. The van der Waals surface area contributed by atoms with E-state index < -0.39 is 42.2 Å². The topological polar surface area (TPSA) is 205 Å². The van der Waals surface area contributed by atoms with Crippen molar-refractivity contribution in [2.24, 2.45) is 17.8 Å². The lowest BCUT2D eigenvalue weighted by atomic mass is 9.91. The molecule has 0 unspecified atom stereocenters. The van der Waals surface area contributed by atoms with E-state index in [4.69, 9.17) is 10.5 Å². The number of nitrogen functional groups attached to an aromatic ring is 1. The highest BCUT2D eigenvalue weighted by Gasteiger charge is 2.37. The summed E-state index contributed by atoms with van der Waals surface area (Å²) in [5, 5.41) is 22.9. The van der Waals surface area contributed by atoms with E-state index in [1.807, 2.05) is 65.6 Å². The molecule has 0 radical (unpaired) electrons. The van der Waals surface area contributed by atoms with Gasteiger partial charge < -0.3 is 41.7 Å². The Labute approximate surface area is 331 Å². The molecule has 0 fully saturated rings. The number of aliphatic carboxylic acids is 1. The van der Waals surface area contributed by atoms with Crippen LogP contribution in [0.2, 0.25) is 0 Å². The SMILES string of the molecule is CCCN(C(=O)[C@@H](NC(=O)[C@H](C)CCCCNC)[C@@H](C)CC)[C@H](C[C@@H](OC(=O)NC)c1nc(C(=O)N[C@H](CCC(=O)O)Cc2ccc(N)cc2)cs1)C(C)C. The number of rotatable bonds is 25. The van der Waals surface area contributed by atoms with Gasteiger partial charge in [0, 0.05) is 55.5 Å². The Bertz CT molecular complexity index is 1500. The molecule has 6 atom stereocenters. The van der Waals surface area contributed by atoms with Gasteiger partial charge in [0.25, 0.3) is 5.91 Å². The van der Waals surface area contributed by atoms with Crippen LogP contribution in [0.5, 0.6) is 0 Å². The normalized spacial score (nSPS) is 14.6. The molecule has 2 rings (SSSR count). The fourth-order valence-corrected chi connectivity index (χ4v) is 7.19. The minimum atomic E-state index is -0.972. The van der Waals surface area contributed by atoms with Gasteiger partial charge in [0.1, 0.15) is 16.7 Å². The third-order valence-corrected chi connectivity index (χ3v) is 10.8. The van der Waals surface area contributed by atoms with Gasteiger partial charge in [-0.2, -0.15) is 0 Å². The maximum Gasteiger partial charge on any atom is 0.407 e. The quantitative estimate of drug-likeness (QED) is 0.0548. The zero-order valence-corrected chi connectivity index (χ0v) is 34.8. The van der Waals surface area contributed by atoms with E-state index in [1.54, 1.807) is 17.5 Å². The summed E-state index contributed by atoms with van der Waals surface area (Å²) in [6.45, 7) is 13.2. The average Bonchev–Trinajstić information content (AvgIpc) is 3.66.